The Morgan fingerprint density at radius 2 is 1.58 bits per heavy atom. The fourth-order valence-corrected chi connectivity index (χ4v) is 3.24. The number of methoxy groups -OCH3 is 2. The second-order valence-corrected chi connectivity index (χ2v) is 6.87. The van der Waals surface area contributed by atoms with Gasteiger partial charge in [-0.3, -0.25) is 4.79 Å². The maximum atomic E-state index is 12.6. The van der Waals surface area contributed by atoms with Crippen molar-refractivity contribution in [1.29, 1.82) is 0 Å². The van der Waals surface area contributed by atoms with Gasteiger partial charge in [-0.25, -0.2) is 0 Å². The van der Waals surface area contributed by atoms with Gasteiger partial charge in [-0.15, -0.1) is 0 Å². The number of nitrogens with zero attached hydrogens (tertiary/aromatic N) is 1. The van der Waals surface area contributed by atoms with Crippen molar-refractivity contribution in [1.82, 2.24) is 10.5 Å². The molecule has 6 nitrogen and oxygen atoms in total. The van der Waals surface area contributed by atoms with E-state index in [-0.39, 0.29) is 12.5 Å². The van der Waals surface area contributed by atoms with Crippen molar-refractivity contribution in [2.75, 3.05) is 14.2 Å². The van der Waals surface area contributed by atoms with Crippen LogP contribution in [0.3, 0.4) is 0 Å². The highest BCUT2D eigenvalue weighted by Gasteiger charge is 2.14. The van der Waals surface area contributed by atoms with E-state index < -0.39 is 0 Å². The Labute approximate surface area is 180 Å². The first-order chi connectivity index (χ1) is 15.2. The zero-order valence-corrected chi connectivity index (χ0v) is 17.3. The summed E-state index contributed by atoms with van der Waals surface area (Å²) in [5.41, 5.74) is 4.25. The molecule has 4 aromatic rings. The van der Waals surface area contributed by atoms with Gasteiger partial charge in [0.2, 0.25) is 0 Å². The summed E-state index contributed by atoms with van der Waals surface area (Å²) in [4.78, 5) is 12.6. The fraction of sp³-hybridized carbons (Fsp3) is 0.120. The lowest BCUT2D eigenvalue weighted by Crippen LogP contribution is -2.23. The van der Waals surface area contributed by atoms with Crippen molar-refractivity contribution in [3.63, 3.8) is 0 Å². The molecule has 0 aliphatic rings. The summed E-state index contributed by atoms with van der Waals surface area (Å²) in [6, 6.07) is 25.1. The highest BCUT2D eigenvalue weighted by molar-refractivity contribution is 5.97. The van der Waals surface area contributed by atoms with Gasteiger partial charge in [0.05, 0.1) is 26.3 Å². The normalized spacial score (nSPS) is 10.5. The van der Waals surface area contributed by atoms with Crippen molar-refractivity contribution in [2.45, 2.75) is 6.54 Å². The number of ether oxygens (including phenoxy) is 2. The minimum Gasteiger partial charge on any atom is -0.497 e. The van der Waals surface area contributed by atoms with E-state index in [0.717, 1.165) is 16.7 Å². The quantitative estimate of drug-likeness (QED) is 0.463. The maximum absolute atomic E-state index is 12.6. The van der Waals surface area contributed by atoms with E-state index in [9.17, 15) is 4.79 Å². The molecule has 0 saturated heterocycles. The summed E-state index contributed by atoms with van der Waals surface area (Å²) < 4.78 is 15.9. The predicted molar refractivity (Wildman–Crippen MR) is 118 cm³/mol. The third-order valence-electron chi connectivity index (χ3n) is 4.92. The minimum atomic E-state index is -0.267. The molecular formula is C25H22N2O4. The number of amides is 1. The fourth-order valence-electron chi connectivity index (χ4n) is 3.24. The third-order valence-corrected chi connectivity index (χ3v) is 4.92. The SMILES string of the molecule is COc1ccc(C(=O)NCc2cc(-c3ccc(-c4ccccc4)cc3)on2)c(OC)c1. The molecule has 1 heterocycles. The summed E-state index contributed by atoms with van der Waals surface area (Å²) >= 11 is 0. The Morgan fingerprint density at radius 1 is 0.871 bits per heavy atom. The number of benzene rings is 3. The van der Waals surface area contributed by atoms with Crippen molar-refractivity contribution < 1.29 is 18.8 Å². The van der Waals surface area contributed by atoms with Crippen molar-refractivity contribution in [3.05, 3.63) is 90.1 Å². The molecule has 0 radical (unpaired) electrons. The molecule has 0 bridgehead atoms. The Bertz CT molecular complexity index is 1170. The standard InChI is InChI=1S/C25H22N2O4/c1-29-21-12-13-22(24(15-21)30-2)25(28)26-16-20-14-23(31-27-20)19-10-8-18(9-11-19)17-6-4-3-5-7-17/h3-15H,16H2,1-2H3,(H,26,28). The zero-order valence-electron chi connectivity index (χ0n) is 17.3. The van der Waals surface area contributed by atoms with Gasteiger partial charge in [0, 0.05) is 17.7 Å². The first kappa shape index (κ1) is 20.2. The zero-order chi connectivity index (χ0) is 21.6. The number of hydrogen-bond acceptors (Lipinski definition) is 5. The molecule has 156 valence electrons. The largest absolute Gasteiger partial charge is 0.497 e. The molecule has 0 atom stereocenters. The summed E-state index contributed by atoms with van der Waals surface area (Å²) in [6.45, 7) is 0.236. The number of aromatic nitrogens is 1. The van der Waals surface area contributed by atoms with Crippen LogP contribution in [0.1, 0.15) is 16.1 Å². The lowest BCUT2D eigenvalue weighted by atomic mass is 10.0. The predicted octanol–water partition coefficient (Wildman–Crippen LogP) is 4.96. The van der Waals surface area contributed by atoms with Crippen LogP contribution >= 0.6 is 0 Å². The second kappa shape index (κ2) is 9.17. The molecule has 1 N–H and O–H groups in total. The number of carbonyl (C=O) groups is 1. The Morgan fingerprint density at radius 3 is 2.29 bits per heavy atom. The van der Waals surface area contributed by atoms with E-state index in [1.165, 1.54) is 7.11 Å². The smallest absolute Gasteiger partial charge is 0.255 e. The van der Waals surface area contributed by atoms with E-state index >= 15 is 0 Å². The average Bonchev–Trinajstić information content (AvgIpc) is 3.32. The van der Waals surface area contributed by atoms with Gasteiger partial charge in [-0.2, -0.15) is 0 Å². The monoisotopic (exact) mass is 414 g/mol. The molecule has 0 fully saturated rings. The molecule has 1 aromatic heterocycles. The molecule has 0 aliphatic heterocycles. The molecule has 0 spiro atoms. The van der Waals surface area contributed by atoms with Gasteiger partial charge >= 0.3 is 0 Å². The highest BCUT2D eigenvalue weighted by Crippen LogP contribution is 2.26. The second-order valence-electron chi connectivity index (χ2n) is 6.87. The maximum Gasteiger partial charge on any atom is 0.255 e. The van der Waals surface area contributed by atoms with Crippen LogP contribution in [-0.4, -0.2) is 25.3 Å². The van der Waals surface area contributed by atoms with E-state index in [2.05, 4.69) is 22.6 Å². The van der Waals surface area contributed by atoms with Crippen LogP contribution in [0.2, 0.25) is 0 Å². The molecule has 0 aliphatic carbocycles. The molecule has 0 unspecified atom stereocenters. The Kier molecular flexibility index (Phi) is 5.98. The van der Waals surface area contributed by atoms with E-state index in [1.807, 2.05) is 48.5 Å². The van der Waals surface area contributed by atoms with Gasteiger partial charge < -0.3 is 19.3 Å². The highest BCUT2D eigenvalue weighted by atomic mass is 16.5. The van der Waals surface area contributed by atoms with Gasteiger partial charge in [-0.05, 0) is 23.3 Å². The number of rotatable bonds is 7. The Balaban J connectivity index is 1.42. The van der Waals surface area contributed by atoms with Gasteiger partial charge in [0.15, 0.2) is 5.76 Å². The number of carbonyl (C=O) groups excluding carboxylic acids is 1. The third kappa shape index (κ3) is 4.59. The van der Waals surface area contributed by atoms with Gasteiger partial charge in [-0.1, -0.05) is 59.8 Å². The van der Waals surface area contributed by atoms with Crippen LogP contribution in [0.15, 0.2) is 83.4 Å². The lowest BCUT2D eigenvalue weighted by Gasteiger charge is -2.10. The van der Waals surface area contributed by atoms with E-state index in [1.54, 1.807) is 25.3 Å². The summed E-state index contributed by atoms with van der Waals surface area (Å²) in [5, 5.41) is 6.91. The van der Waals surface area contributed by atoms with Crippen LogP contribution < -0.4 is 14.8 Å². The lowest BCUT2D eigenvalue weighted by molar-refractivity contribution is 0.0947. The topological polar surface area (TPSA) is 73.6 Å². The number of hydrogen-bond donors (Lipinski definition) is 1. The molecule has 1 amide bonds. The first-order valence-electron chi connectivity index (χ1n) is 9.79. The van der Waals surface area contributed by atoms with Crippen molar-refractivity contribution in [2.24, 2.45) is 0 Å². The van der Waals surface area contributed by atoms with Crippen molar-refractivity contribution in [3.8, 4) is 33.9 Å². The Hall–Kier alpha value is -4.06. The minimum absolute atomic E-state index is 0.236. The molecule has 31 heavy (non-hydrogen) atoms. The van der Waals surface area contributed by atoms with Gasteiger partial charge in [0.25, 0.3) is 5.91 Å². The average molecular weight is 414 g/mol. The molecular weight excluding hydrogens is 392 g/mol. The molecule has 4 rings (SSSR count). The van der Waals surface area contributed by atoms with E-state index in [4.69, 9.17) is 14.0 Å². The molecule has 0 saturated carbocycles. The summed E-state index contributed by atoms with van der Waals surface area (Å²) in [7, 11) is 3.07. The summed E-state index contributed by atoms with van der Waals surface area (Å²) in [5.74, 6) is 1.44. The van der Waals surface area contributed by atoms with Crippen LogP contribution in [0.25, 0.3) is 22.5 Å². The van der Waals surface area contributed by atoms with Crippen LogP contribution in [0.4, 0.5) is 0 Å². The summed E-state index contributed by atoms with van der Waals surface area (Å²) in [6.07, 6.45) is 0. The van der Waals surface area contributed by atoms with E-state index in [0.29, 0.717) is 28.5 Å². The van der Waals surface area contributed by atoms with Crippen LogP contribution in [-0.2, 0) is 6.54 Å². The molecule has 3 aromatic carbocycles. The van der Waals surface area contributed by atoms with Gasteiger partial charge in [0.1, 0.15) is 17.2 Å². The number of nitrogens with one attached hydrogen (secondary N) is 1. The molecule has 6 heteroatoms. The van der Waals surface area contributed by atoms with Crippen LogP contribution in [0.5, 0.6) is 11.5 Å². The first-order valence-corrected chi connectivity index (χ1v) is 9.79. The van der Waals surface area contributed by atoms with Crippen LogP contribution in [0, 0.1) is 0 Å². The van der Waals surface area contributed by atoms with Crippen molar-refractivity contribution >= 4 is 5.91 Å².